The number of rotatable bonds is 3. The van der Waals surface area contributed by atoms with Gasteiger partial charge in [0.15, 0.2) is 0 Å². The Bertz CT molecular complexity index is 357. The van der Waals surface area contributed by atoms with Gasteiger partial charge in [0.1, 0.15) is 6.04 Å². The maximum absolute atomic E-state index is 12.6. The van der Waals surface area contributed by atoms with Crippen LogP contribution in [0.4, 0.5) is 0 Å². The third-order valence-electron chi connectivity index (χ3n) is 3.93. The van der Waals surface area contributed by atoms with Crippen molar-refractivity contribution in [3.8, 4) is 0 Å². The topological polar surface area (TPSA) is 52.7 Å². The maximum atomic E-state index is 12.6. The number of nitrogens with zero attached hydrogens (tertiary/aromatic N) is 2. The van der Waals surface area contributed by atoms with Gasteiger partial charge in [-0.05, 0) is 19.9 Å². The Hall–Kier alpha value is -0.460. The lowest BCUT2D eigenvalue weighted by Crippen LogP contribution is -2.54. The second-order valence-electron chi connectivity index (χ2n) is 5.14. The Morgan fingerprint density at radius 2 is 2.15 bits per heavy atom. The lowest BCUT2D eigenvalue weighted by atomic mass is 10.0. The summed E-state index contributed by atoms with van der Waals surface area (Å²) in [6, 6.07) is 0.148. The molecule has 116 valence electrons. The van der Waals surface area contributed by atoms with Crippen LogP contribution in [-0.4, -0.2) is 65.5 Å². The summed E-state index contributed by atoms with van der Waals surface area (Å²) >= 11 is 1.67. The first-order valence-electron chi connectivity index (χ1n) is 7.00. The number of hydrogen-bond donors (Lipinski definition) is 1. The minimum absolute atomic E-state index is 0. The molecule has 1 N–H and O–H groups in total. The zero-order chi connectivity index (χ0) is 13.8. The summed E-state index contributed by atoms with van der Waals surface area (Å²) in [6.45, 7) is 3.45. The Kier molecular flexibility index (Phi) is 7.12. The van der Waals surface area contributed by atoms with Gasteiger partial charge in [0, 0.05) is 31.3 Å². The number of carbonyl (C=O) groups excluding carboxylic acids is 2. The van der Waals surface area contributed by atoms with Gasteiger partial charge in [-0.25, -0.2) is 0 Å². The van der Waals surface area contributed by atoms with Gasteiger partial charge in [0.05, 0.1) is 5.88 Å². The molecule has 7 heteroatoms. The fourth-order valence-corrected chi connectivity index (χ4v) is 3.89. The molecule has 0 aliphatic carbocycles. The number of likely N-dealkylation sites (N-methyl/N-ethyl adjacent to an activating group) is 1. The molecule has 2 atom stereocenters. The van der Waals surface area contributed by atoms with Crippen LogP contribution in [0.3, 0.4) is 0 Å². The van der Waals surface area contributed by atoms with Gasteiger partial charge in [0.2, 0.25) is 11.8 Å². The van der Waals surface area contributed by atoms with E-state index in [0.717, 1.165) is 31.7 Å². The Morgan fingerprint density at radius 1 is 1.40 bits per heavy atom. The maximum Gasteiger partial charge on any atom is 0.246 e. The molecule has 2 unspecified atom stereocenters. The molecule has 0 spiro atoms. The first-order chi connectivity index (χ1) is 9.17. The van der Waals surface area contributed by atoms with Gasteiger partial charge >= 0.3 is 0 Å². The number of hydrogen-bond acceptors (Lipinski definition) is 4. The molecule has 0 aromatic carbocycles. The molecule has 0 saturated carbocycles. The Balaban J connectivity index is 0.00000200. The van der Waals surface area contributed by atoms with Gasteiger partial charge in [-0.2, -0.15) is 0 Å². The van der Waals surface area contributed by atoms with Crippen LogP contribution in [0.15, 0.2) is 0 Å². The van der Waals surface area contributed by atoms with Crippen molar-refractivity contribution in [1.82, 2.24) is 15.1 Å². The van der Waals surface area contributed by atoms with Crippen molar-refractivity contribution in [2.45, 2.75) is 38.3 Å². The van der Waals surface area contributed by atoms with Crippen LogP contribution in [0.2, 0.25) is 0 Å². The molecule has 2 fully saturated rings. The zero-order valence-corrected chi connectivity index (χ0v) is 13.8. The molecular weight excluding hydrogens is 298 g/mol. The van der Waals surface area contributed by atoms with E-state index >= 15 is 0 Å². The molecule has 2 aliphatic rings. The third kappa shape index (κ3) is 3.80. The minimum Gasteiger partial charge on any atom is -0.339 e. The summed E-state index contributed by atoms with van der Waals surface area (Å²) in [6.07, 6.45) is 2.64. The van der Waals surface area contributed by atoms with E-state index in [0.29, 0.717) is 18.3 Å². The van der Waals surface area contributed by atoms with Crippen LogP contribution in [0, 0.1) is 0 Å². The van der Waals surface area contributed by atoms with Crippen molar-refractivity contribution in [2.24, 2.45) is 0 Å². The van der Waals surface area contributed by atoms with E-state index in [1.54, 1.807) is 16.7 Å². The van der Waals surface area contributed by atoms with Crippen LogP contribution in [0.5, 0.6) is 0 Å². The highest BCUT2D eigenvalue weighted by molar-refractivity contribution is 7.99. The summed E-state index contributed by atoms with van der Waals surface area (Å²) in [5, 5.41) is 3.24. The monoisotopic (exact) mass is 321 g/mol. The molecule has 2 saturated heterocycles. The lowest BCUT2D eigenvalue weighted by Gasteiger charge is -2.35. The second kappa shape index (κ2) is 8.10. The normalized spacial score (nSPS) is 26.3. The predicted molar refractivity (Wildman–Crippen MR) is 84.2 cm³/mol. The van der Waals surface area contributed by atoms with Crippen LogP contribution in [-0.2, 0) is 9.59 Å². The van der Waals surface area contributed by atoms with E-state index < -0.39 is 0 Å². The van der Waals surface area contributed by atoms with Crippen molar-refractivity contribution < 1.29 is 9.59 Å². The van der Waals surface area contributed by atoms with E-state index in [9.17, 15) is 9.59 Å². The highest BCUT2D eigenvalue weighted by atomic mass is 35.5. The van der Waals surface area contributed by atoms with Crippen molar-refractivity contribution in [3.05, 3.63) is 0 Å². The van der Waals surface area contributed by atoms with E-state index in [1.165, 1.54) is 0 Å². The number of piperidine rings is 1. The Morgan fingerprint density at radius 3 is 2.80 bits per heavy atom. The van der Waals surface area contributed by atoms with Gasteiger partial charge < -0.3 is 15.1 Å². The number of carbonyl (C=O) groups is 2. The van der Waals surface area contributed by atoms with Crippen molar-refractivity contribution in [3.63, 3.8) is 0 Å². The number of thioether (sulfide) groups is 1. The lowest BCUT2D eigenvalue weighted by molar-refractivity contribution is -0.144. The van der Waals surface area contributed by atoms with Crippen molar-refractivity contribution in [1.29, 1.82) is 0 Å². The summed E-state index contributed by atoms with van der Waals surface area (Å²) in [4.78, 5) is 28.1. The van der Waals surface area contributed by atoms with Crippen molar-refractivity contribution >= 4 is 36.0 Å². The fraction of sp³-hybridized carbons (Fsp3) is 0.846. The van der Waals surface area contributed by atoms with Gasteiger partial charge in [-0.1, -0.05) is 6.92 Å². The molecule has 20 heavy (non-hydrogen) atoms. The minimum atomic E-state index is -0.243. The van der Waals surface area contributed by atoms with E-state index in [1.807, 2.05) is 18.9 Å². The standard InChI is InChI=1S/C13H23N3O2S.ClH/c1-3-12(17)16-9-19-8-11(16)13(18)15-6-4-5-10(7-15)14-2;/h10-11,14H,3-9H2,1-2H3;1H. The summed E-state index contributed by atoms with van der Waals surface area (Å²) in [5.41, 5.74) is 0. The third-order valence-corrected chi connectivity index (χ3v) is 4.94. The molecule has 0 bridgehead atoms. The molecule has 5 nitrogen and oxygen atoms in total. The molecule has 2 amide bonds. The average molecular weight is 322 g/mol. The highest BCUT2D eigenvalue weighted by Gasteiger charge is 2.37. The zero-order valence-electron chi connectivity index (χ0n) is 12.1. The summed E-state index contributed by atoms with van der Waals surface area (Å²) < 4.78 is 0. The van der Waals surface area contributed by atoms with Gasteiger partial charge in [-0.15, -0.1) is 24.2 Å². The number of amides is 2. The molecular formula is C13H24ClN3O2S. The fourth-order valence-electron chi connectivity index (χ4n) is 2.72. The second-order valence-corrected chi connectivity index (χ2v) is 6.14. The number of halogens is 1. The van der Waals surface area contributed by atoms with E-state index in [-0.39, 0.29) is 30.3 Å². The largest absolute Gasteiger partial charge is 0.339 e. The molecule has 2 heterocycles. The summed E-state index contributed by atoms with van der Waals surface area (Å²) in [5.74, 6) is 1.62. The molecule has 0 aromatic rings. The van der Waals surface area contributed by atoms with Crippen LogP contribution < -0.4 is 5.32 Å². The van der Waals surface area contributed by atoms with E-state index in [2.05, 4.69) is 5.32 Å². The molecule has 2 aliphatic heterocycles. The first-order valence-corrected chi connectivity index (χ1v) is 8.16. The van der Waals surface area contributed by atoms with Gasteiger partial charge in [-0.3, -0.25) is 9.59 Å². The average Bonchev–Trinajstić information content (AvgIpc) is 2.95. The Labute approximate surface area is 131 Å². The van der Waals surface area contributed by atoms with Gasteiger partial charge in [0.25, 0.3) is 0 Å². The molecule has 2 rings (SSSR count). The highest BCUT2D eigenvalue weighted by Crippen LogP contribution is 2.24. The quantitative estimate of drug-likeness (QED) is 0.840. The molecule has 0 radical (unpaired) electrons. The van der Waals surface area contributed by atoms with Crippen LogP contribution >= 0.6 is 24.2 Å². The molecule has 0 aromatic heterocycles. The summed E-state index contributed by atoms with van der Waals surface area (Å²) in [7, 11) is 1.94. The van der Waals surface area contributed by atoms with Crippen LogP contribution in [0.1, 0.15) is 26.2 Å². The smallest absolute Gasteiger partial charge is 0.246 e. The van der Waals surface area contributed by atoms with E-state index in [4.69, 9.17) is 0 Å². The van der Waals surface area contributed by atoms with Crippen LogP contribution in [0.25, 0.3) is 0 Å². The number of likely N-dealkylation sites (tertiary alicyclic amines) is 1. The SMILES string of the molecule is CCC(=O)N1CSCC1C(=O)N1CCCC(NC)C1.Cl. The van der Waals surface area contributed by atoms with Crippen molar-refractivity contribution in [2.75, 3.05) is 31.8 Å². The predicted octanol–water partition coefficient (Wildman–Crippen LogP) is 0.930. The first kappa shape index (κ1) is 17.6. The number of nitrogens with one attached hydrogen (secondary N) is 1.